The Kier molecular flexibility index (Phi) is 5.54. The average molecular weight is 405 g/mol. The number of hydrogen-bond donors (Lipinski definition) is 1. The molecule has 3 aromatic rings. The average Bonchev–Trinajstić information content (AvgIpc) is 3.30. The van der Waals surface area contributed by atoms with Crippen molar-refractivity contribution in [1.29, 1.82) is 0 Å². The minimum atomic E-state index is -1.23. The normalized spacial score (nSPS) is 11.6. The van der Waals surface area contributed by atoms with Gasteiger partial charge in [0.2, 0.25) is 11.7 Å². The maximum absolute atomic E-state index is 13.5. The second-order valence-electron chi connectivity index (χ2n) is 5.36. The molecule has 11 heteroatoms. The molecule has 1 N–H and O–H groups in total. The van der Waals surface area contributed by atoms with Crippen molar-refractivity contribution in [3.05, 3.63) is 62.8 Å². The van der Waals surface area contributed by atoms with E-state index in [1.54, 1.807) is 0 Å². The molecule has 0 aliphatic rings. The third kappa shape index (κ3) is 4.26. The Morgan fingerprint density at radius 3 is 2.75 bits per heavy atom. The van der Waals surface area contributed by atoms with Gasteiger partial charge in [-0.25, -0.2) is 4.79 Å². The van der Waals surface area contributed by atoms with Gasteiger partial charge in [0, 0.05) is 24.1 Å². The summed E-state index contributed by atoms with van der Waals surface area (Å²) in [6, 6.07) is 6.31. The molecule has 0 atom stereocenters. The van der Waals surface area contributed by atoms with Crippen molar-refractivity contribution >= 4 is 29.5 Å². The van der Waals surface area contributed by atoms with Crippen molar-refractivity contribution in [2.24, 2.45) is 0 Å². The number of halogens is 1. The van der Waals surface area contributed by atoms with Gasteiger partial charge in [-0.3, -0.25) is 10.1 Å². The second-order valence-corrected chi connectivity index (χ2v) is 6.35. The van der Waals surface area contributed by atoms with E-state index in [1.165, 1.54) is 24.3 Å². The number of carbonyl (C=O) groups is 1. The summed E-state index contributed by atoms with van der Waals surface area (Å²) in [7, 11) is 0. The van der Waals surface area contributed by atoms with Crippen LogP contribution >= 0.6 is 11.8 Å². The van der Waals surface area contributed by atoms with E-state index in [0.29, 0.717) is 12.3 Å². The zero-order valence-electron chi connectivity index (χ0n) is 14.3. The molecule has 2 heterocycles. The minimum Gasteiger partial charge on any atom is -0.477 e. The van der Waals surface area contributed by atoms with Crippen LogP contribution in [-0.2, 0) is 11.2 Å². The molecule has 0 saturated heterocycles. The van der Waals surface area contributed by atoms with Gasteiger partial charge in [-0.1, -0.05) is 6.92 Å². The van der Waals surface area contributed by atoms with Crippen molar-refractivity contribution in [3.63, 3.8) is 0 Å². The highest BCUT2D eigenvalue weighted by Crippen LogP contribution is 2.31. The summed E-state index contributed by atoms with van der Waals surface area (Å²) in [6.07, 6.45) is 1.77. The van der Waals surface area contributed by atoms with Crippen LogP contribution in [0.1, 0.15) is 18.6 Å². The first kappa shape index (κ1) is 19.3. The Balaban J connectivity index is 1.88. The number of aliphatic carboxylic acids is 1. The fourth-order valence-corrected chi connectivity index (χ4v) is 2.84. The zero-order chi connectivity index (χ0) is 20.3. The van der Waals surface area contributed by atoms with Crippen LogP contribution in [0.5, 0.6) is 0 Å². The van der Waals surface area contributed by atoms with Gasteiger partial charge in [-0.15, -0.1) is 10.2 Å². The van der Waals surface area contributed by atoms with E-state index in [9.17, 15) is 24.4 Å². The number of aryl methyl sites for hydroxylation is 1. The van der Waals surface area contributed by atoms with Crippen LogP contribution < -0.4 is 0 Å². The zero-order valence-corrected chi connectivity index (χ0v) is 15.1. The van der Waals surface area contributed by atoms with E-state index in [2.05, 4.69) is 10.2 Å². The van der Waals surface area contributed by atoms with Crippen molar-refractivity contribution in [2.75, 3.05) is 0 Å². The minimum absolute atomic E-state index is 0.0754. The highest BCUT2D eigenvalue weighted by atomic mass is 32.2. The number of hydrogen-bond acceptors (Lipinski definition) is 8. The number of benzene rings is 1. The molecule has 0 fully saturated rings. The lowest BCUT2D eigenvalue weighted by molar-refractivity contribution is -0.387. The molecule has 2 aromatic heterocycles. The summed E-state index contributed by atoms with van der Waals surface area (Å²) in [4.78, 5) is 21.4. The van der Waals surface area contributed by atoms with Gasteiger partial charge in [0.25, 0.3) is 5.22 Å². The summed E-state index contributed by atoms with van der Waals surface area (Å²) < 4.78 is 24.3. The summed E-state index contributed by atoms with van der Waals surface area (Å²) in [6.45, 7) is 1.82. The molecule has 0 aliphatic carbocycles. The Morgan fingerprint density at radius 2 is 2.11 bits per heavy atom. The number of aromatic nitrogens is 2. The van der Waals surface area contributed by atoms with E-state index in [-0.39, 0.29) is 27.2 Å². The fraction of sp³-hybridized carbons (Fsp3) is 0.118. The molecule has 0 spiro atoms. The van der Waals surface area contributed by atoms with Gasteiger partial charge in [-0.2, -0.15) is 4.39 Å². The first-order valence-corrected chi connectivity index (χ1v) is 8.68. The number of thioether (sulfide) groups is 1. The molecular weight excluding hydrogens is 393 g/mol. The van der Waals surface area contributed by atoms with E-state index in [0.717, 1.165) is 23.9 Å². The van der Waals surface area contributed by atoms with E-state index >= 15 is 0 Å². The molecule has 0 bridgehead atoms. The molecule has 0 amide bonds. The third-order valence-corrected chi connectivity index (χ3v) is 4.34. The number of nitro groups is 1. The van der Waals surface area contributed by atoms with Crippen molar-refractivity contribution < 1.29 is 28.0 Å². The Morgan fingerprint density at radius 1 is 1.32 bits per heavy atom. The number of carboxylic acids is 1. The molecule has 28 heavy (non-hydrogen) atoms. The Labute approximate surface area is 161 Å². The molecule has 0 unspecified atom stereocenters. The molecule has 1 aromatic carbocycles. The fourth-order valence-electron chi connectivity index (χ4n) is 2.17. The lowest BCUT2D eigenvalue weighted by Gasteiger charge is -1.99. The third-order valence-electron chi connectivity index (χ3n) is 3.49. The summed E-state index contributed by atoms with van der Waals surface area (Å²) in [5, 5.41) is 27.8. The largest absolute Gasteiger partial charge is 0.477 e. The van der Waals surface area contributed by atoms with Crippen LogP contribution in [0.15, 0.2) is 49.3 Å². The Hall–Kier alpha value is -3.47. The lowest BCUT2D eigenvalue weighted by Crippen LogP contribution is -1.96. The molecule has 3 rings (SSSR count). The smallest absolute Gasteiger partial charge is 0.342 e. The number of rotatable bonds is 7. The standard InChI is InChI=1S/C17H12FN3O6S/c1-2-15-19-20-17(27-15)28-14(16(22)23)8-10-4-6-13(26-10)9-3-5-11(18)12(7-9)21(24)25/h3-8H,2H2,1H3,(H,22,23)/b14-8+. The van der Waals surface area contributed by atoms with E-state index < -0.39 is 22.4 Å². The maximum atomic E-state index is 13.5. The van der Waals surface area contributed by atoms with Crippen molar-refractivity contribution in [2.45, 2.75) is 18.6 Å². The molecule has 0 saturated carbocycles. The number of furan rings is 1. The van der Waals surface area contributed by atoms with Crippen molar-refractivity contribution in [3.8, 4) is 11.3 Å². The van der Waals surface area contributed by atoms with Crippen LogP contribution in [0.25, 0.3) is 17.4 Å². The first-order valence-electron chi connectivity index (χ1n) is 7.86. The topological polar surface area (TPSA) is 132 Å². The Bertz CT molecular complexity index is 1070. The quantitative estimate of drug-likeness (QED) is 0.266. The molecule has 9 nitrogen and oxygen atoms in total. The highest BCUT2D eigenvalue weighted by molar-refractivity contribution is 8.03. The maximum Gasteiger partial charge on any atom is 0.342 e. The molecule has 144 valence electrons. The summed E-state index contributed by atoms with van der Waals surface area (Å²) in [5.41, 5.74) is -0.405. The van der Waals surface area contributed by atoms with Gasteiger partial charge < -0.3 is 13.9 Å². The van der Waals surface area contributed by atoms with Crippen molar-refractivity contribution in [1.82, 2.24) is 10.2 Å². The number of nitrogens with zero attached hydrogens (tertiary/aromatic N) is 3. The first-order chi connectivity index (χ1) is 13.4. The van der Waals surface area contributed by atoms with Crippen LogP contribution in [0.3, 0.4) is 0 Å². The molecule has 0 radical (unpaired) electrons. The summed E-state index contributed by atoms with van der Waals surface area (Å²) >= 11 is 0.764. The second kappa shape index (κ2) is 8.05. The lowest BCUT2D eigenvalue weighted by atomic mass is 10.1. The van der Waals surface area contributed by atoms with Crippen LogP contribution in [-0.4, -0.2) is 26.2 Å². The van der Waals surface area contributed by atoms with E-state index in [4.69, 9.17) is 8.83 Å². The molecule has 0 aliphatic heterocycles. The monoisotopic (exact) mass is 405 g/mol. The summed E-state index contributed by atoms with van der Waals surface area (Å²) in [5.74, 6) is -1.41. The SMILES string of the molecule is CCc1nnc(S/C(=C/c2ccc(-c3ccc(F)c([N+](=O)[O-])c3)o2)C(=O)O)o1. The van der Waals surface area contributed by atoms with Crippen LogP contribution in [0, 0.1) is 15.9 Å². The number of nitro benzene ring substituents is 1. The molecular formula is C17H12FN3O6S. The highest BCUT2D eigenvalue weighted by Gasteiger charge is 2.18. The van der Waals surface area contributed by atoms with Gasteiger partial charge in [0.15, 0.2) is 0 Å². The predicted molar refractivity (Wildman–Crippen MR) is 95.9 cm³/mol. The number of carboxylic acid groups (broad SMARTS) is 1. The van der Waals surface area contributed by atoms with Crippen LogP contribution in [0.4, 0.5) is 10.1 Å². The van der Waals surface area contributed by atoms with Gasteiger partial charge in [0.1, 0.15) is 16.4 Å². The van der Waals surface area contributed by atoms with Gasteiger partial charge in [-0.05, 0) is 36.0 Å². The van der Waals surface area contributed by atoms with Gasteiger partial charge in [0.05, 0.1) is 4.92 Å². The predicted octanol–water partition coefficient (Wildman–Crippen LogP) is 4.16. The van der Waals surface area contributed by atoms with E-state index in [1.807, 2.05) is 6.92 Å². The van der Waals surface area contributed by atoms with Crippen LogP contribution in [0.2, 0.25) is 0 Å². The van der Waals surface area contributed by atoms with Gasteiger partial charge >= 0.3 is 11.7 Å².